The number of nitrogens with one attached hydrogen (secondary N) is 1. The molecule has 1 N–H and O–H groups in total. The van der Waals surface area contributed by atoms with Crippen molar-refractivity contribution in [3.63, 3.8) is 0 Å². The summed E-state index contributed by atoms with van der Waals surface area (Å²) in [5, 5.41) is 2.79. The summed E-state index contributed by atoms with van der Waals surface area (Å²) in [6.07, 6.45) is -3.33. The third-order valence-corrected chi connectivity index (χ3v) is 3.93. The van der Waals surface area contributed by atoms with Gasteiger partial charge >= 0.3 is 6.36 Å². The van der Waals surface area contributed by atoms with Crippen molar-refractivity contribution in [1.29, 1.82) is 0 Å². The summed E-state index contributed by atoms with van der Waals surface area (Å²) in [5.41, 5.74) is 1.46. The molecule has 0 radical (unpaired) electrons. The molecule has 30 heavy (non-hydrogen) atoms. The van der Waals surface area contributed by atoms with Crippen LogP contribution in [0.3, 0.4) is 0 Å². The van der Waals surface area contributed by atoms with E-state index in [1.165, 1.54) is 18.3 Å². The van der Waals surface area contributed by atoms with Crippen LogP contribution in [0.1, 0.15) is 31.4 Å². The summed E-state index contributed by atoms with van der Waals surface area (Å²) >= 11 is 0. The van der Waals surface area contributed by atoms with E-state index in [4.69, 9.17) is 0 Å². The van der Waals surface area contributed by atoms with Crippen molar-refractivity contribution in [3.05, 3.63) is 66.6 Å². The third-order valence-electron chi connectivity index (χ3n) is 3.93. The Kier molecular flexibility index (Phi) is 5.78. The molecular weight excluding hydrogens is 395 g/mol. The number of benzene rings is 2. The molecule has 0 bridgehead atoms. The molecule has 1 heterocycles. The average Bonchev–Trinajstić information content (AvgIpc) is 2.66. The number of para-hydroxylation sites is 1. The molecule has 0 atom stereocenters. The zero-order chi connectivity index (χ0) is 21.9. The zero-order valence-corrected chi connectivity index (χ0v) is 16.6. The van der Waals surface area contributed by atoms with E-state index in [-0.39, 0.29) is 17.1 Å². The van der Waals surface area contributed by atoms with Crippen molar-refractivity contribution in [1.82, 2.24) is 15.3 Å². The van der Waals surface area contributed by atoms with Crippen molar-refractivity contribution >= 4 is 5.91 Å². The lowest BCUT2D eigenvalue weighted by molar-refractivity contribution is -0.274. The van der Waals surface area contributed by atoms with Crippen LogP contribution in [0.5, 0.6) is 5.75 Å². The van der Waals surface area contributed by atoms with E-state index in [9.17, 15) is 18.0 Å². The zero-order valence-electron chi connectivity index (χ0n) is 16.6. The van der Waals surface area contributed by atoms with E-state index >= 15 is 0 Å². The van der Waals surface area contributed by atoms with Crippen LogP contribution in [0.15, 0.2) is 60.8 Å². The minimum absolute atomic E-state index is 0.00799. The van der Waals surface area contributed by atoms with Crippen molar-refractivity contribution in [2.45, 2.75) is 32.7 Å². The van der Waals surface area contributed by atoms with Gasteiger partial charge in [0.2, 0.25) is 5.82 Å². The first-order valence-corrected chi connectivity index (χ1v) is 9.13. The Hall–Kier alpha value is -3.42. The molecule has 3 aromatic rings. The molecule has 5 nitrogen and oxygen atoms in total. The Bertz CT molecular complexity index is 1060. The summed E-state index contributed by atoms with van der Waals surface area (Å²) in [7, 11) is 0. The molecular formula is C22H20F3N3O2. The molecule has 1 amide bonds. The number of hydrogen-bond donors (Lipinski definition) is 1. The van der Waals surface area contributed by atoms with Gasteiger partial charge in [-0.15, -0.1) is 13.2 Å². The van der Waals surface area contributed by atoms with E-state index in [0.29, 0.717) is 16.8 Å². The summed E-state index contributed by atoms with van der Waals surface area (Å²) in [6, 6.07) is 14.4. The highest BCUT2D eigenvalue weighted by Crippen LogP contribution is 2.35. The Morgan fingerprint density at radius 3 is 2.37 bits per heavy atom. The molecule has 0 aliphatic carbocycles. The molecule has 0 spiro atoms. The smallest absolute Gasteiger partial charge is 0.405 e. The average molecular weight is 415 g/mol. The lowest BCUT2D eigenvalue weighted by atomic mass is 10.0. The molecule has 0 aliphatic heterocycles. The highest BCUT2D eigenvalue weighted by atomic mass is 19.4. The Morgan fingerprint density at radius 2 is 1.67 bits per heavy atom. The van der Waals surface area contributed by atoms with E-state index in [1.54, 1.807) is 42.5 Å². The van der Waals surface area contributed by atoms with Crippen LogP contribution >= 0.6 is 0 Å². The fourth-order valence-corrected chi connectivity index (χ4v) is 2.79. The molecule has 0 unspecified atom stereocenters. The van der Waals surface area contributed by atoms with Gasteiger partial charge in [-0.25, -0.2) is 9.97 Å². The van der Waals surface area contributed by atoms with E-state index in [1.807, 2.05) is 20.8 Å². The van der Waals surface area contributed by atoms with Gasteiger partial charge in [-0.1, -0.05) is 36.4 Å². The predicted octanol–water partition coefficient (Wildman–Crippen LogP) is 5.24. The van der Waals surface area contributed by atoms with Crippen molar-refractivity contribution < 1.29 is 22.7 Å². The number of carbonyl (C=O) groups is 1. The predicted molar refractivity (Wildman–Crippen MR) is 107 cm³/mol. The normalized spacial score (nSPS) is 11.8. The lowest BCUT2D eigenvalue weighted by Gasteiger charge is -2.19. The summed E-state index contributed by atoms with van der Waals surface area (Å²) in [6.45, 7) is 5.54. The Morgan fingerprint density at radius 1 is 0.967 bits per heavy atom. The lowest BCUT2D eigenvalue weighted by Crippen LogP contribution is -2.41. The van der Waals surface area contributed by atoms with Gasteiger partial charge in [-0.3, -0.25) is 4.79 Å². The molecule has 2 aromatic carbocycles. The first-order valence-electron chi connectivity index (χ1n) is 9.13. The van der Waals surface area contributed by atoms with Gasteiger partial charge in [-0.05, 0) is 44.5 Å². The number of nitrogens with zero attached hydrogens (tertiary/aromatic N) is 2. The molecule has 156 valence electrons. The minimum Gasteiger partial charge on any atom is -0.405 e. The van der Waals surface area contributed by atoms with Gasteiger partial charge in [0.1, 0.15) is 5.75 Å². The second kappa shape index (κ2) is 8.14. The maximum atomic E-state index is 12.7. The molecule has 0 saturated carbocycles. The second-order valence-electron chi connectivity index (χ2n) is 7.59. The number of rotatable bonds is 4. The fraction of sp³-hybridized carbons (Fsp3) is 0.227. The number of halogens is 3. The maximum absolute atomic E-state index is 12.7. The van der Waals surface area contributed by atoms with Crippen LogP contribution in [-0.2, 0) is 0 Å². The first-order chi connectivity index (χ1) is 14.0. The van der Waals surface area contributed by atoms with Crippen LogP contribution in [-0.4, -0.2) is 27.8 Å². The molecule has 3 rings (SSSR count). The van der Waals surface area contributed by atoms with Gasteiger partial charge in [0.15, 0.2) is 0 Å². The van der Waals surface area contributed by atoms with Crippen molar-refractivity contribution in [2.24, 2.45) is 0 Å². The summed E-state index contributed by atoms with van der Waals surface area (Å²) in [4.78, 5) is 20.7. The SMILES string of the molecule is CC(C)(C)NC(=O)c1nccc(-c2cccc(-c3ccccc3OC(F)(F)F)c2)n1. The molecule has 0 saturated heterocycles. The summed E-state index contributed by atoms with van der Waals surface area (Å²) in [5.74, 6) is -0.701. The van der Waals surface area contributed by atoms with Crippen molar-refractivity contribution in [3.8, 4) is 28.1 Å². The van der Waals surface area contributed by atoms with Gasteiger partial charge in [0, 0.05) is 22.9 Å². The van der Waals surface area contributed by atoms with Crippen LogP contribution in [0.2, 0.25) is 0 Å². The van der Waals surface area contributed by atoms with Gasteiger partial charge < -0.3 is 10.1 Å². The number of carbonyl (C=O) groups excluding carboxylic acids is 1. The van der Waals surface area contributed by atoms with Crippen molar-refractivity contribution in [2.75, 3.05) is 0 Å². The van der Waals surface area contributed by atoms with Gasteiger partial charge in [-0.2, -0.15) is 0 Å². The van der Waals surface area contributed by atoms with E-state index < -0.39 is 17.8 Å². The first kappa shape index (κ1) is 21.3. The largest absolute Gasteiger partial charge is 0.573 e. The number of alkyl halides is 3. The molecule has 1 aromatic heterocycles. The number of hydrogen-bond acceptors (Lipinski definition) is 4. The topological polar surface area (TPSA) is 64.1 Å². The molecule has 8 heteroatoms. The number of ether oxygens (including phenoxy) is 1. The van der Waals surface area contributed by atoms with Crippen LogP contribution in [0, 0.1) is 0 Å². The standard InChI is InChI=1S/C22H20F3N3O2/c1-21(2,3)28-20(29)19-26-12-11-17(27-19)15-8-6-7-14(13-15)16-9-4-5-10-18(16)30-22(23,24)25/h4-13H,1-3H3,(H,28,29). The molecule has 0 fully saturated rings. The highest BCUT2D eigenvalue weighted by molar-refractivity contribution is 5.91. The van der Waals surface area contributed by atoms with Gasteiger partial charge in [0.05, 0.1) is 5.69 Å². The third kappa shape index (κ3) is 5.56. The van der Waals surface area contributed by atoms with E-state index in [2.05, 4.69) is 20.0 Å². The Balaban J connectivity index is 1.96. The monoisotopic (exact) mass is 415 g/mol. The quantitative estimate of drug-likeness (QED) is 0.633. The van der Waals surface area contributed by atoms with Crippen LogP contribution in [0.4, 0.5) is 13.2 Å². The van der Waals surface area contributed by atoms with Crippen LogP contribution in [0.25, 0.3) is 22.4 Å². The number of aromatic nitrogens is 2. The second-order valence-corrected chi connectivity index (χ2v) is 7.59. The minimum atomic E-state index is -4.80. The highest BCUT2D eigenvalue weighted by Gasteiger charge is 2.32. The number of amides is 1. The van der Waals surface area contributed by atoms with E-state index in [0.717, 1.165) is 0 Å². The van der Waals surface area contributed by atoms with Gasteiger partial charge in [0.25, 0.3) is 5.91 Å². The maximum Gasteiger partial charge on any atom is 0.573 e. The fourth-order valence-electron chi connectivity index (χ4n) is 2.79. The van der Waals surface area contributed by atoms with Crippen LogP contribution < -0.4 is 10.1 Å². The summed E-state index contributed by atoms with van der Waals surface area (Å²) < 4.78 is 42.4. The molecule has 0 aliphatic rings. The Labute approximate surface area is 171 Å².